The molecule has 9 aromatic rings. The van der Waals surface area contributed by atoms with Crippen LogP contribution < -0.4 is 0 Å². The van der Waals surface area contributed by atoms with Crippen molar-refractivity contribution in [2.24, 2.45) is 0 Å². The second-order valence-corrected chi connectivity index (χ2v) is 11.3. The van der Waals surface area contributed by atoms with Crippen LogP contribution in [0.4, 0.5) is 0 Å². The van der Waals surface area contributed by atoms with Crippen LogP contribution in [0.1, 0.15) is 5.56 Å². The number of benzene rings is 6. The fraction of sp³-hybridized carbons (Fsp3) is 0. The minimum Gasteiger partial charge on any atom is -0.451 e. The van der Waals surface area contributed by atoms with Gasteiger partial charge >= 0.3 is 0 Å². The number of hydrogen-bond donors (Lipinski definition) is 0. The molecule has 0 aliphatic heterocycles. The zero-order valence-electron chi connectivity index (χ0n) is 24.6. The molecule has 0 N–H and O–H groups in total. The Morgan fingerprint density at radius 2 is 1.20 bits per heavy atom. The van der Waals surface area contributed by atoms with Gasteiger partial charge in [-0.05, 0) is 48.0 Å². The van der Waals surface area contributed by atoms with Gasteiger partial charge in [0.25, 0.3) is 0 Å². The first kappa shape index (κ1) is 25.9. The molecule has 6 aromatic carbocycles. The molecule has 0 fully saturated rings. The number of furan rings is 1. The minimum absolute atomic E-state index is 0.546. The van der Waals surface area contributed by atoms with Gasteiger partial charge in [0.05, 0.1) is 22.7 Å². The van der Waals surface area contributed by atoms with Gasteiger partial charge in [0.15, 0.2) is 11.4 Å². The predicted molar refractivity (Wildman–Crippen MR) is 185 cm³/mol. The van der Waals surface area contributed by atoms with E-state index in [-0.39, 0.29) is 0 Å². The molecule has 0 spiro atoms. The van der Waals surface area contributed by atoms with E-state index >= 15 is 0 Å². The highest BCUT2D eigenvalue weighted by atomic mass is 16.3. The van der Waals surface area contributed by atoms with E-state index < -0.39 is 0 Å². The maximum absolute atomic E-state index is 9.54. The number of para-hydroxylation sites is 3. The third-order valence-electron chi connectivity index (χ3n) is 8.63. The Morgan fingerprint density at radius 1 is 0.543 bits per heavy atom. The summed E-state index contributed by atoms with van der Waals surface area (Å²) in [5, 5.41) is 12.9. The van der Waals surface area contributed by atoms with Crippen LogP contribution in [0.5, 0.6) is 0 Å². The normalized spacial score (nSPS) is 11.5. The first-order chi connectivity index (χ1) is 22.8. The summed E-state index contributed by atoms with van der Waals surface area (Å²) in [4.78, 5) is 10.0. The molecule has 0 saturated heterocycles. The number of nitriles is 1. The van der Waals surface area contributed by atoms with Gasteiger partial charge in [0.2, 0.25) is 0 Å². The van der Waals surface area contributed by atoms with Crippen LogP contribution in [-0.2, 0) is 0 Å². The van der Waals surface area contributed by atoms with E-state index in [1.807, 2.05) is 48.5 Å². The van der Waals surface area contributed by atoms with E-state index in [0.29, 0.717) is 22.7 Å². The lowest BCUT2D eigenvalue weighted by Crippen LogP contribution is -1.94. The van der Waals surface area contributed by atoms with Gasteiger partial charge in [-0.15, -0.1) is 0 Å². The summed E-state index contributed by atoms with van der Waals surface area (Å²) in [5.74, 6) is 0.546. The van der Waals surface area contributed by atoms with Crippen molar-refractivity contribution in [1.29, 1.82) is 5.26 Å². The largest absolute Gasteiger partial charge is 0.451 e. The SMILES string of the molecule is N#Cc1cccc(-c2nc(-c3ccccc3)c3oc4c(-c5cccc(-n6c7ccccc7c7ccccc76)c5)cccc4c3n2)c1. The van der Waals surface area contributed by atoms with Crippen molar-refractivity contribution < 1.29 is 4.42 Å². The lowest BCUT2D eigenvalue weighted by Gasteiger charge is -2.10. The molecule has 0 amide bonds. The number of fused-ring (bicyclic) bond motifs is 6. The van der Waals surface area contributed by atoms with Gasteiger partial charge in [-0.25, -0.2) is 9.97 Å². The fourth-order valence-corrected chi connectivity index (χ4v) is 6.55. The quantitative estimate of drug-likeness (QED) is 0.205. The summed E-state index contributed by atoms with van der Waals surface area (Å²) in [7, 11) is 0. The van der Waals surface area contributed by atoms with Gasteiger partial charge in [-0.3, -0.25) is 0 Å². The average Bonchev–Trinajstić information content (AvgIpc) is 3.68. The van der Waals surface area contributed by atoms with Crippen LogP contribution >= 0.6 is 0 Å². The van der Waals surface area contributed by atoms with Gasteiger partial charge in [-0.1, -0.05) is 103 Å². The van der Waals surface area contributed by atoms with Gasteiger partial charge in [0.1, 0.15) is 16.8 Å². The van der Waals surface area contributed by atoms with Crippen LogP contribution in [0.2, 0.25) is 0 Å². The van der Waals surface area contributed by atoms with Crippen LogP contribution in [0.3, 0.4) is 0 Å². The molecule has 3 heterocycles. The summed E-state index contributed by atoms with van der Waals surface area (Å²) in [6.45, 7) is 0. The van der Waals surface area contributed by atoms with Crippen LogP contribution in [-0.4, -0.2) is 14.5 Å². The molecule has 0 saturated carbocycles. The predicted octanol–water partition coefficient (Wildman–Crippen LogP) is 10.3. The molecule has 0 bridgehead atoms. The second kappa shape index (κ2) is 10.3. The molecule has 214 valence electrons. The van der Waals surface area contributed by atoms with Crippen molar-refractivity contribution in [2.45, 2.75) is 0 Å². The first-order valence-corrected chi connectivity index (χ1v) is 15.1. The molecule has 0 radical (unpaired) electrons. The maximum Gasteiger partial charge on any atom is 0.180 e. The maximum atomic E-state index is 9.54. The minimum atomic E-state index is 0.546. The summed E-state index contributed by atoms with van der Waals surface area (Å²) in [6, 6.07) is 51.6. The smallest absolute Gasteiger partial charge is 0.180 e. The van der Waals surface area contributed by atoms with Crippen LogP contribution in [0.15, 0.2) is 150 Å². The van der Waals surface area contributed by atoms with E-state index in [1.54, 1.807) is 6.07 Å². The molecule has 0 aliphatic carbocycles. The second-order valence-electron chi connectivity index (χ2n) is 11.3. The van der Waals surface area contributed by atoms with Crippen molar-refractivity contribution in [3.63, 3.8) is 0 Å². The number of rotatable bonds is 4. The molecule has 5 heteroatoms. The van der Waals surface area contributed by atoms with E-state index in [2.05, 4.69) is 102 Å². The molecule has 0 aliphatic rings. The number of hydrogen-bond acceptors (Lipinski definition) is 4. The molecular weight excluding hydrogens is 564 g/mol. The molecule has 46 heavy (non-hydrogen) atoms. The van der Waals surface area contributed by atoms with Crippen molar-refractivity contribution in [3.05, 3.63) is 151 Å². The van der Waals surface area contributed by atoms with Crippen molar-refractivity contribution in [1.82, 2.24) is 14.5 Å². The summed E-state index contributed by atoms with van der Waals surface area (Å²) >= 11 is 0. The lowest BCUT2D eigenvalue weighted by atomic mass is 10.0. The number of aromatic nitrogens is 3. The molecule has 5 nitrogen and oxygen atoms in total. The van der Waals surface area contributed by atoms with Gasteiger partial charge in [0, 0.05) is 38.5 Å². The Labute approximate surface area is 264 Å². The molecular formula is C41H24N4O. The van der Waals surface area contributed by atoms with Gasteiger partial charge < -0.3 is 8.98 Å². The van der Waals surface area contributed by atoms with E-state index in [9.17, 15) is 5.26 Å². The Bertz CT molecular complexity index is 2610. The van der Waals surface area contributed by atoms with E-state index in [4.69, 9.17) is 14.4 Å². The third kappa shape index (κ3) is 4.02. The van der Waals surface area contributed by atoms with E-state index in [0.717, 1.165) is 44.4 Å². The monoisotopic (exact) mass is 588 g/mol. The van der Waals surface area contributed by atoms with E-state index in [1.165, 1.54) is 21.8 Å². The third-order valence-corrected chi connectivity index (χ3v) is 8.63. The first-order valence-electron chi connectivity index (χ1n) is 15.1. The molecule has 9 rings (SSSR count). The fourth-order valence-electron chi connectivity index (χ4n) is 6.55. The summed E-state index contributed by atoms with van der Waals surface area (Å²) in [5.41, 5.74) is 10.5. The Hall–Kier alpha value is -6.51. The Balaban J connectivity index is 1.28. The Kier molecular flexibility index (Phi) is 5.81. The highest BCUT2D eigenvalue weighted by molar-refractivity contribution is 6.12. The topological polar surface area (TPSA) is 67.6 Å². The standard InChI is InChI=1S/C41H24N4O/c42-25-26-11-8-15-29(23-26)41-43-37(27-12-2-1-3-13-27)40-38(44-41)34-20-10-19-31(39(34)46-40)28-14-9-16-30(24-28)45-35-21-6-4-17-32(35)33-18-5-7-22-36(33)45/h1-24H. The van der Waals surface area contributed by atoms with Crippen LogP contribution in [0.25, 0.3) is 83.3 Å². The number of nitrogens with zero attached hydrogens (tertiary/aromatic N) is 4. The summed E-state index contributed by atoms with van der Waals surface area (Å²) < 4.78 is 9.07. The van der Waals surface area contributed by atoms with Crippen molar-refractivity contribution in [2.75, 3.05) is 0 Å². The molecule has 0 atom stereocenters. The molecule has 3 aromatic heterocycles. The highest BCUT2D eigenvalue weighted by Crippen LogP contribution is 2.40. The zero-order chi connectivity index (χ0) is 30.6. The molecule has 0 unspecified atom stereocenters. The highest BCUT2D eigenvalue weighted by Gasteiger charge is 2.21. The lowest BCUT2D eigenvalue weighted by molar-refractivity contribution is 0.668. The van der Waals surface area contributed by atoms with Gasteiger partial charge in [-0.2, -0.15) is 5.26 Å². The average molecular weight is 589 g/mol. The van der Waals surface area contributed by atoms with Crippen molar-refractivity contribution >= 4 is 43.9 Å². The van der Waals surface area contributed by atoms with Crippen molar-refractivity contribution in [3.8, 4) is 45.5 Å². The Morgan fingerprint density at radius 3 is 1.98 bits per heavy atom. The van der Waals surface area contributed by atoms with Crippen LogP contribution in [0, 0.1) is 11.3 Å². The zero-order valence-corrected chi connectivity index (χ0v) is 24.6. The summed E-state index contributed by atoms with van der Waals surface area (Å²) in [6.07, 6.45) is 0.